The van der Waals surface area contributed by atoms with Crippen LogP contribution in [0, 0.1) is 11.7 Å². The van der Waals surface area contributed by atoms with Crippen molar-refractivity contribution in [2.45, 2.75) is 26.3 Å². The van der Waals surface area contributed by atoms with Gasteiger partial charge >= 0.3 is 0 Å². The lowest BCUT2D eigenvalue weighted by Gasteiger charge is -2.35. The van der Waals surface area contributed by atoms with Crippen LogP contribution in [0.4, 0.5) is 4.39 Å². The van der Waals surface area contributed by atoms with E-state index in [1.807, 2.05) is 13.8 Å². The zero-order valence-electron chi connectivity index (χ0n) is 11.7. The van der Waals surface area contributed by atoms with Crippen molar-refractivity contribution < 1.29 is 14.0 Å². The second-order valence-electron chi connectivity index (χ2n) is 5.38. The molecule has 1 saturated heterocycles. The van der Waals surface area contributed by atoms with Crippen molar-refractivity contribution in [2.75, 3.05) is 13.1 Å². The normalized spacial score (nSPS) is 15.7. The summed E-state index contributed by atoms with van der Waals surface area (Å²) < 4.78 is 12.8. The lowest BCUT2D eigenvalue weighted by molar-refractivity contribution is -0.137. The van der Waals surface area contributed by atoms with Crippen molar-refractivity contribution >= 4 is 11.8 Å². The van der Waals surface area contributed by atoms with E-state index < -0.39 is 11.9 Å². The van der Waals surface area contributed by atoms with Crippen molar-refractivity contribution in [1.82, 2.24) is 10.2 Å². The second-order valence-corrected chi connectivity index (χ2v) is 5.38. The van der Waals surface area contributed by atoms with Gasteiger partial charge in [-0.05, 0) is 36.6 Å². The lowest BCUT2D eigenvalue weighted by Crippen LogP contribution is -2.55. The molecule has 0 aliphatic carbocycles. The molecule has 1 aromatic rings. The first kappa shape index (κ1) is 14.5. The molecule has 1 aliphatic heterocycles. The molecule has 0 unspecified atom stereocenters. The van der Waals surface area contributed by atoms with E-state index >= 15 is 0 Å². The van der Waals surface area contributed by atoms with Gasteiger partial charge in [-0.1, -0.05) is 13.8 Å². The first-order chi connectivity index (χ1) is 9.49. The van der Waals surface area contributed by atoms with Gasteiger partial charge in [0.2, 0.25) is 5.91 Å². The van der Waals surface area contributed by atoms with Gasteiger partial charge in [0.05, 0.1) is 0 Å². The third-order valence-electron chi connectivity index (χ3n) is 3.49. The minimum Gasteiger partial charge on any atom is -0.341 e. The van der Waals surface area contributed by atoms with E-state index in [9.17, 15) is 14.0 Å². The molecule has 1 aliphatic rings. The summed E-state index contributed by atoms with van der Waals surface area (Å²) in [5.41, 5.74) is 0.355. The molecule has 0 spiro atoms. The van der Waals surface area contributed by atoms with Gasteiger partial charge < -0.3 is 10.2 Å². The van der Waals surface area contributed by atoms with Crippen LogP contribution >= 0.6 is 0 Å². The third-order valence-corrected chi connectivity index (χ3v) is 3.49. The molecule has 108 valence electrons. The number of likely N-dealkylation sites (tertiary alicyclic amines) is 1. The maximum absolute atomic E-state index is 12.8. The largest absolute Gasteiger partial charge is 0.341 e. The molecule has 0 radical (unpaired) electrons. The van der Waals surface area contributed by atoms with Crippen molar-refractivity contribution in [3.63, 3.8) is 0 Å². The van der Waals surface area contributed by atoms with Crippen LogP contribution in [0.1, 0.15) is 30.6 Å². The highest BCUT2D eigenvalue weighted by Gasteiger charge is 2.31. The van der Waals surface area contributed by atoms with Gasteiger partial charge in [0, 0.05) is 18.7 Å². The average Bonchev–Trinajstić information content (AvgIpc) is 2.33. The van der Waals surface area contributed by atoms with Crippen LogP contribution < -0.4 is 5.32 Å². The standard InChI is InChI=1S/C15H19FN2O2/c1-10(2)13(15(20)18-8-3-9-18)17-14(19)11-4-6-12(16)7-5-11/h4-7,10,13H,3,8-9H2,1-2H3,(H,17,19)/t13-/m0/s1. The maximum Gasteiger partial charge on any atom is 0.251 e. The molecule has 2 amide bonds. The van der Waals surface area contributed by atoms with E-state index in [1.165, 1.54) is 24.3 Å². The molecule has 0 aromatic heterocycles. The average molecular weight is 278 g/mol. The topological polar surface area (TPSA) is 49.4 Å². The Balaban J connectivity index is 2.05. The quantitative estimate of drug-likeness (QED) is 0.913. The second kappa shape index (κ2) is 6.03. The number of hydrogen-bond acceptors (Lipinski definition) is 2. The number of benzene rings is 1. The molecule has 0 bridgehead atoms. The Morgan fingerprint density at radius 1 is 1.20 bits per heavy atom. The van der Waals surface area contributed by atoms with Crippen LogP contribution in [0.25, 0.3) is 0 Å². The first-order valence-electron chi connectivity index (χ1n) is 6.84. The molecule has 1 fully saturated rings. The van der Waals surface area contributed by atoms with E-state index in [2.05, 4.69) is 5.32 Å². The number of nitrogens with one attached hydrogen (secondary N) is 1. The number of halogens is 1. The number of hydrogen-bond donors (Lipinski definition) is 1. The van der Waals surface area contributed by atoms with Gasteiger partial charge in [0.1, 0.15) is 11.9 Å². The van der Waals surface area contributed by atoms with Crippen LogP contribution in [0.5, 0.6) is 0 Å². The summed E-state index contributed by atoms with van der Waals surface area (Å²) in [5.74, 6) is -0.773. The fourth-order valence-electron chi connectivity index (χ4n) is 2.07. The Labute approximate surface area is 118 Å². The number of carbonyl (C=O) groups excluding carboxylic acids is 2. The van der Waals surface area contributed by atoms with E-state index in [4.69, 9.17) is 0 Å². The minimum absolute atomic E-state index is 0.00694. The molecular formula is C15H19FN2O2. The van der Waals surface area contributed by atoms with E-state index in [0.717, 1.165) is 19.5 Å². The van der Waals surface area contributed by atoms with Crippen LogP contribution in [-0.4, -0.2) is 35.8 Å². The van der Waals surface area contributed by atoms with Crippen LogP contribution in [0.2, 0.25) is 0 Å². The molecule has 0 saturated carbocycles. The molecule has 5 heteroatoms. The predicted molar refractivity (Wildman–Crippen MR) is 73.7 cm³/mol. The summed E-state index contributed by atoms with van der Waals surface area (Å²) in [6.07, 6.45) is 1.02. The summed E-state index contributed by atoms with van der Waals surface area (Å²) in [7, 11) is 0. The number of rotatable bonds is 4. The Morgan fingerprint density at radius 2 is 1.80 bits per heavy atom. The van der Waals surface area contributed by atoms with Gasteiger partial charge in [-0.2, -0.15) is 0 Å². The molecule has 1 N–H and O–H groups in total. The summed E-state index contributed by atoms with van der Waals surface area (Å²) in [6.45, 7) is 5.31. The summed E-state index contributed by atoms with van der Waals surface area (Å²) in [4.78, 5) is 26.1. The molecule has 1 heterocycles. The van der Waals surface area contributed by atoms with Crippen LogP contribution in [-0.2, 0) is 4.79 Å². The predicted octanol–water partition coefficient (Wildman–Crippen LogP) is 1.81. The van der Waals surface area contributed by atoms with Crippen molar-refractivity contribution in [1.29, 1.82) is 0 Å². The monoisotopic (exact) mass is 278 g/mol. The minimum atomic E-state index is -0.534. The van der Waals surface area contributed by atoms with Crippen molar-refractivity contribution in [2.24, 2.45) is 5.92 Å². The Morgan fingerprint density at radius 3 is 2.25 bits per heavy atom. The zero-order chi connectivity index (χ0) is 14.7. The Kier molecular flexibility index (Phi) is 4.37. The Hall–Kier alpha value is -1.91. The molecule has 20 heavy (non-hydrogen) atoms. The number of amides is 2. The molecule has 2 rings (SSSR count). The summed E-state index contributed by atoms with van der Waals surface area (Å²) >= 11 is 0. The first-order valence-corrected chi connectivity index (χ1v) is 6.84. The van der Waals surface area contributed by atoms with Gasteiger partial charge in [0.25, 0.3) is 5.91 Å². The van der Waals surface area contributed by atoms with E-state index in [-0.39, 0.29) is 17.7 Å². The summed E-state index contributed by atoms with van der Waals surface area (Å²) in [6, 6.07) is 4.76. The van der Waals surface area contributed by atoms with Crippen molar-refractivity contribution in [3.05, 3.63) is 35.6 Å². The zero-order valence-corrected chi connectivity index (χ0v) is 11.7. The van der Waals surface area contributed by atoms with E-state index in [1.54, 1.807) is 4.90 Å². The maximum atomic E-state index is 12.8. The highest BCUT2D eigenvalue weighted by atomic mass is 19.1. The van der Waals surface area contributed by atoms with Crippen LogP contribution in [0.15, 0.2) is 24.3 Å². The summed E-state index contributed by atoms with van der Waals surface area (Å²) in [5, 5.41) is 2.75. The fraction of sp³-hybridized carbons (Fsp3) is 0.467. The van der Waals surface area contributed by atoms with Gasteiger partial charge in [-0.3, -0.25) is 9.59 Å². The lowest BCUT2D eigenvalue weighted by atomic mass is 10.0. The Bertz CT molecular complexity index is 495. The van der Waals surface area contributed by atoms with E-state index in [0.29, 0.717) is 5.56 Å². The third kappa shape index (κ3) is 3.15. The fourth-order valence-corrected chi connectivity index (χ4v) is 2.07. The molecular weight excluding hydrogens is 259 g/mol. The molecule has 1 aromatic carbocycles. The van der Waals surface area contributed by atoms with Gasteiger partial charge in [-0.15, -0.1) is 0 Å². The van der Waals surface area contributed by atoms with Gasteiger partial charge in [0.15, 0.2) is 0 Å². The highest BCUT2D eigenvalue weighted by molar-refractivity contribution is 5.97. The highest BCUT2D eigenvalue weighted by Crippen LogP contribution is 2.13. The number of carbonyl (C=O) groups is 2. The van der Waals surface area contributed by atoms with Crippen LogP contribution in [0.3, 0.4) is 0 Å². The molecule has 1 atom stereocenters. The SMILES string of the molecule is CC(C)[C@H](NC(=O)c1ccc(F)cc1)C(=O)N1CCC1. The van der Waals surface area contributed by atoms with Gasteiger partial charge in [-0.25, -0.2) is 4.39 Å². The smallest absolute Gasteiger partial charge is 0.251 e. The van der Waals surface area contributed by atoms with Crippen molar-refractivity contribution in [3.8, 4) is 0 Å². The molecule has 4 nitrogen and oxygen atoms in total. The number of nitrogens with zero attached hydrogens (tertiary/aromatic N) is 1.